The van der Waals surface area contributed by atoms with Crippen LogP contribution in [0.3, 0.4) is 0 Å². The molecule has 0 unspecified atom stereocenters. The van der Waals surface area contributed by atoms with Crippen LogP contribution >= 0.6 is 0 Å². The van der Waals surface area contributed by atoms with Gasteiger partial charge in [-0.1, -0.05) is 0 Å². The number of phenols is 6. The zero-order valence-electron chi connectivity index (χ0n) is 19.1. The maximum atomic E-state index is 10.4. The second-order valence-electron chi connectivity index (χ2n) is 8.77. The standard InChI is InChI=1S/C28H24O8/c29-19-5-15-1-3-17-9-27(25(33)13-23(17)31)36-22-8-16(6-20(30)12-22)2-4-18-10-28(26(34)14-24(18)32)35-21(7-15)11-19/h5-14,29-34H,1-4H2. The summed E-state index contributed by atoms with van der Waals surface area (Å²) in [5.41, 5.74) is 2.43. The largest absolute Gasteiger partial charge is 0.508 e. The van der Waals surface area contributed by atoms with E-state index < -0.39 is 0 Å². The van der Waals surface area contributed by atoms with Gasteiger partial charge < -0.3 is 40.1 Å². The minimum absolute atomic E-state index is 0.0346. The first-order valence-corrected chi connectivity index (χ1v) is 11.3. The van der Waals surface area contributed by atoms with E-state index in [0.717, 1.165) is 0 Å². The van der Waals surface area contributed by atoms with E-state index >= 15 is 0 Å². The van der Waals surface area contributed by atoms with Crippen LogP contribution < -0.4 is 9.47 Å². The fraction of sp³-hybridized carbons (Fsp3) is 0.143. The zero-order chi connectivity index (χ0) is 25.4. The van der Waals surface area contributed by atoms with Gasteiger partial charge in [0.15, 0.2) is 23.0 Å². The Morgan fingerprint density at radius 2 is 0.833 bits per heavy atom. The number of fused-ring (bicyclic) bond motifs is 8. The maximum absolute atomic E-state index is 10.4. The van der Waals surface area contributed by atoms with Gasteiger partial charge in [-0.3, -0.25) is 0 Å². The molecule has 0 saturated carbocycles. The Balaban J connectivity index is 1.61. The summed E-state index contributed by atoms with van der Waals surface area (Å²) >= 11 is 0. The molecule has 0 amide bonds. The van der Waals surface area contributed by atoms with E-state index in [9.17, 15) is 30.6 Å². The van der Waals surface area contributed by atoms with Crippen molar-refractivity contribution >= 4 is 0 Å². The molecular weight excluding hydrogens is 464 g/mol. The Labute approximate surface area is 206 Å². The third kappa shape index (κ3) is 4.88. The maximum Gasteiger partial charge on any atom is 0.169 e. The van der Waals surface area contributed by atoms with Gasteiger partial charge in [-0.25, -0.2) is 0 Å². The quantitative estimate of drug-likeness (QED) is 0.194. The lowest BCUT2D eigenvalue weighted by atomic mass is 10.0. The first kappa shape index (κ1) is 23.0. The predicted octanol–water partition coefficient (Wildman–Crippen LogP) is 5.39. The number of rotatable bonds is 0. The summed E-state index contributed by atoms with van der Waals surface area (Å²) in [6.45, 7) is 0. The molecule has 5 rings (SSSR count). The van der Waals surface area contributed by atoms with Gasteiger partial charge in [0, 0.05) is 24.3 Å². The molecule has 36 heavy (non-hydrogen) atoms. The average Bonchev–Trinajstić information content (AvgIpc) is 2.80. The van der Waals surface area contributed by atoms with E-state index in [2.05, 4.69) is 0 Å². The van der Waals surface area contributed by atoms with Crippen LogP contribution in [0.4, 0.5) is 0 Å². The Kier molecular flexibility index (Phi) is 5.85. The van der Waals surface area contributed by atoms with Gasteiger partial charge in [0.25, 0.3) is 0 Å². The fourth-order valence-corrected chi connectivity index (χ4v) is 4.27. The van der Waals surface area contributed by atoms with E-state index in [4.69, 9.17) is 9.47 Å². The molecule has 0 atom stereocenters. The van der Waals surface area contributed by atoms with Crippen LogP contribution in [0.1, 0.15) is 22.3 Å². The van der Waals surface area contributed by atoms with Crippen LogP contribution in [-0.2, 0) is 25.7 Å². The van der Waals surface area contributed by atoms with Crippen molar-refractivity contribution in [2.45, 2.75) is 25.7 Å². The molecule has 0 saturated heterocycles. The fourth-order valence-electron chi connectivity index (χ4n) is 4.27. The average molecular weight is 488 g/mol. The Morgan fingerprint density at radius 1 is 0.417 bits per heavy atom. The van der Waals surface area contributed by atoms with E-state index in [-0.39, 0.29) is 57.5 Å². The predicted molar refractivity (Wildman–Crippen MR) is 131 cm³/mol. The summed E-state index contributed by atoms with van der Waals surface area (Å²) < 4.78 is 11.7. The molecule has 8 bridgehead atoms. The van der Waals surface area contributed by atoms with Gasteiger partial charge in [-0.05, 0) is 84.3 Å². The molecule has 4 aromatic rings. The molecule has 0 aliphatic carbocycles. The first-order chi connectivity index (χ1) is 17.2. The minimum Gasteiger partial charge on any atom is -0.508 e. The first-order valence-electron chi connectivity index (χ1n) is 11.3. The van der Waals surface area contributed by atoms with Crippen molar-refractivity contribution in [3.05, 3.63) is 82.9 Å². The third-order valence-corrected chi connectivity index (χ3v) is 6.04. The lowest BCUT2D eigenvalue weighted by molar-refractivity contribution is 0.397. The van der Waals surface area contributed by atoms with Crippen molar-refractivity contribution < 1.29 is 40.1 Å². The van der Waals surface area contributed by atoms with Gasteiger partial charge in [0.1, 0.15) is 34.5 Å². The second-order valence-corrected chi connectivity index (χ2v) is 8.77. The van der Waals surface area contributed by atoms with Gasteiger partial charge in [0.05, 0.1) is 0 Å². The van der Waals surface area contributed by atoms with Crippen molar-refractivity contribution in [1.29, 1.82) is 0 Å². The molecule has 1 heterocycles. The van der Waals surface area contributed by atoms with Crippen LogP contribution in [0.15, 0.2) is 60.7 Å². The molecule has 1 aliphatic rings. The number of aromatic hydroxyl groups is 6. The molecule has 8 nitrogen and oxygen atoms in total. The molecule has 0 fully saturated rings. The molecule has 8 heteroatoms. The Bertz CT molecular complexity index is 1350. The van der Waals surface area contributed by atoms with Gasteiger partial charge >= 0.3 is 0 Å². The second kappa shape index (κ2) is 9.14. The Hall–Kier alpha value is -4.72. The molecule has 0 radical (unpaired) electrons. The lowest BCUT2D eigenvalue weighted by Crippen LogP contribution is -1.97. The van der Waals surface area contributed by atoms with Crippen molar-refractivity contribution in [2.75, 3.05) is 0 Å². The molecule has 184 valence electrons. The van der Waals surface area contributed by atoms with E-state index in [1.54, 1.807) is 24.3 Å². The third-order valence-electron chi connectivity index (χ3n) is 6.04. The minimum atomic E-state index is -0.259. The Morgan fingerprint density at radius 3 is 1.25 bits per heavy atom. The van der Waals surface area contributed by atoms with Crippen molar-refractivity contribution in [2.24, 2.45) is 0 Å². The van der Waals surface area contributed by atoms with Gasteiger partial charge in [0.2, 0.25) is 0 Å². The number of phenolic OH excluding ortho intramolecular Hbond substituents is 6. The van der Waals surface area contributed by atoms with Gasteiger partial charge in [-0.2, -0.15) is 0 Å². The van der Waals surface area contributed by atoms with E-state index in [1.165, 1.54) is 36.4 Å². The molecule has 4 aromatic carbocycles. The molecule has 1 aliphatic heterocycles. The number of aryl methyl sites for hydroxylation is 4. The van der Waals surface area contributed by atoms with Crippen molar-refractivity contribution in [1.82, 2.24) is 0 Å². The highest BCUT2D eigenvalue weighted by molar-refractivity contribution is 5.54. The topological polar surface area (TPSA) is 140 Å². The summed E-state index contributed by atoms with van der Waals surface area (Å²) in [7, 11) is 0. The van der Waals surface area contributed by atoms with Crippen LogP contribution in [0.5, 0.6) is 57.5 Å². The monoisotopic (exact) mass is 488 g/mol. The highest BCUT2D eigenvalue weighted by atomic mass is 16.5. The van der Waals surface area contributed by atoms with E-state index in [0.29, 0.717) is 47.9 Å². The van der Waals surface area contributed by atoms with Crippen LogP contribution in [-0.4, -0.2) is 30.6 Å². The highest BCUT2D eigenvalue weighted by Gasteiger charge is 2.16. The molecular formula is C28H24O8. The lowest BCUT2D eigenvalue weighted by Gasteiger charge is -2.15. The SMILES string of the molecule is Oc1cc2cc(c1)Oc1cc(c(O)cc1O)CCc1cc(O)cc(c1)Oc1cc(c(O)cc1O)CC2. The summed E-state index contributed by atoms with van der Waals surface area (Å²) in [4.78, 5) is 0. The van der Waals surface area contributed by atoms with E-state index in [1.807, 2.05) is 0 Å². The number of ether oxygens (including phenoxy) is 2. The summed E-state index contributed by atoms with van der Waals surface area (Å²) in [6, 6.07) is 14.8. The van der Waals surface area contributed by atoms with Crippen molar-refractivity contribution in [3.63, 3.8) is 0 Å². The zero-order valence-corrected chi connectivity index (χ0v) is 19.1. The summed E-state index contributed by atoms with van der Waals surface area (Å²) in [5.74, 6) is -0.00436. The molecule has 0 spiro atoms. The smallest absolute Gasteiger partial charge is 0.169 e. The highest BCUT2D eigenvalue weighted by Crippen LogP contribution is 2.40. The number of hydrogen-bond donors (Lipinski definition) is 6. The number of hydrogen-bond acceptors (Lipinski definition) is 8. The van der Waals surface area contributed by atoms with Crippen LogP contribution in [0.2, 0.25) is 0 Å². The van der Waals surface area contributed by atoms with Crippen LogP contribution in [0, 0.1) is 0 Å². The van der Waals surface area contributed by atoms with Crippen LogP contribution in [0.25, 0.3) is 0 Å². The molecule has 0 aromatic heterocycles. The normalized spacial score (nSPS) is 13.1. The molecule has 6 N–H and O–H groups in total. The van der Waals surface area contributed by atoms with Crippen molar-refractivity contribution in [3.8, 4) is 57.5 Å². The number of benzene rings is 4. The summed E-state index contributed by atoms with van der Waals surface area (Å²) in [5, 5.41) is 61.9. The summed E-state index contributed by atoms with van der Waals surface area (Å²) in [6.07, 6.45) is 1.52. The van der Waals surface area contributed by atoms with Gasteiger partial charge in [-0.15, -0.1) is 0 Å².